The van der Waals surface area contributed by atoms with E-state index in [-0.39, 0.29) is 0 Å². The molecular weight excluding hydrogens is 304 g/mol. The molecule has 0 bridgehead atoms. The van der Waals surface area contributed by atoms with Crippen LogP contribution in [-0.4, -0.2) is 34.4 Å². The summed E-state index contributed by atoms with van der Waals surface area (Å²) in [4.78, 5) is 1.59. The van der Waals surface area contributed by atoms with Crippen LogP contribution in [0.15, 0.2) is 36.4 Å². The smallest absolute Gasteiger partial charge is 0.204 e. The zero-order chi connectivity index (χ0) is 17.1. The molecule has 1 heterocycles. The summed E-state index contributed by atoms with van der Waals surface area (Å²) in [6.07, 6.45) is 0. The third-order valence-electron chi connectivity index (χ3n) is 3.92. The maximum absolute atomic E-state index is 5.36. The first-order chi connectivity index (χ1) is 11.6. The Hall–Kier alpha value is -2.89. The number of ether oxygens (including phenoxy) is 2. The molecule has 0 aliphatic heterocycles. The maximum atomic E-state index is 5.36. The van der Waals surface area contributed by atoms with Crippen molar-refractivity contribution in [1.29, 1.82) is 0 Å². The predicted octanol–water partition coefficient (Wildman–Crippen LogP) is 3.02. The van der Waals surface area contributed by atoms with Gasteiger partial charge in [0.2, 0.25) is 5.82 Å². The summed E-state index contributed by atoms with van der Waals surface area (Å²) < 4.78 is 10.7. The highest BCUT2D eigenvalue weighted by atomic mass is 16.5. The highest BCUT2D eigenvalue weighted by Gasteiger charge is 2.11. The first-order valence-electron chi connectivity index (χ1n) is 7.67. The molecule has 0 saturated heterocycles. The Balaban J connectivity index is 1.86. The molecule has 0 atom stereocenters. The number of benzene rings is 2. The van der Waals surface area contributed by atoms with Crippen molar-refractivity contribution in [1.82, 2.24) is 20.2 Å². The van der Waals surface area contributed by atoms with Gasteiger partial charge in [-0.3, -0.25) is 0 Å². The van der Waals surface area contributed by atoms with Gasteiger partial charge in [0.25, 0.3) is 0 Å². The molecule has 6 heteroatoms. The highest BCUT2D eigenvalue weighted by Crippen LogP contribution is 2.30. The molecule has 0 saturated carbocycles. The van der Waals surface area contributed by atoms with Gasteiger partial charge in [0, 0.05) is 5.56 Å². The number of hydrogen-bond acceptors (Lipinski definition) is 5. The lowest BCUT2D eigenvalue weighted by molar-refractivity contribution is 0.354. The summed E-state index contributed by atoms with van der Waals surface area (Å²) >= 11 is 0. The van der Waals surface area contributed by atoms with Crippen molar-refractivity contribution in [2.24, 2.45) is 0 Å². The number of aryl methyl sites for hydroxylation is 2. The van der Waals surface area contributed by atoms with Crippen LogP contribution in [-0.2, 0) is 6.54 Å². The Morgan fingerprint density at radius 3 is 2.29 bits per heavy atom. The number of nitrogens with zero attached hydrogens (tertiary/aromatic N) is 4. The first-order valence-corrected chi connectivity index (χ1v) is 7.67. The molecular formula is C18H20N4O2. The molecule has 0 aliphatic rings. The zero-order valence-electron chi connectivity index (χ0n) is 14.3. The van der Waals surface area contributed by atoms with Gasteiger partial charge < -0.3 is 9.47 Å². The van der Waals surface area contributed by atoms with Crippen LogP contribution in [0.1, 0.15) is 16.7 Å². The van der Waals surface area contributed by atoms with Crippen molar-refractivity contribution in [3.05, 3.63) is 53.1 Å². The van der Waals surface area contributed by atoms with E-state index in [1.165, 1.54) is 5.56 Å². The second-order valence-corrected chi connectivity index (χ2v) is 5.64. The number of rotatable bonds is 5. The molecule has 1 aromatic heterocycles. The van der Waals surface area contributed by atoms with Crippen LogP contribution in [0, 0.1) is 13.8 Å². The quantitative estimate of drug-likeness (QED) is 0.722. The summed E-state index contributed by atoms with van der Waals surface area (Å²) in [5, 5.41) is 12.8. The largest absolute Gasteiger partial charge is 0.493 e. The second kappa shape index (κ2) is 6.70. The summed E-state index contributed by atoms with van der Waals surface area (Å²) in [5.74, 6) is 2.02. The average molecular weight is 324 g/mol. The van der Waals surface area contributed by atoms with Gasteiger partial charge in [-0.1, -0.05) is 29.8 Å². The van der Waals surface area contributed by atoms with Gasteiger partial charge in [0.05, 0.1) is 20.8 Å². The van der Waals surface area contributed by atoms with Crippen LogP contribution >= 0.6 is 0 Å². The normalized spacial score (nSPS) is 10.7. The van der Waals surface area contributed by atoms with E-state index in [4.69, 9.17) is 9.47 Å². The molecule has 0 spiro atoms. The van der Waals surface area contributed by atoms with E-state index >= 15 is 0 Å². The Kier molecular flexibility index (Phi) is 4.46. The Labute approximate surface area is 141 Å². The van der Waals surface area contributed by atoms with Crippen molar-refractivity contribution in [2.75, 3.05) is 14.2 Å². The fourth-order valence-corrected chi connectivity index (χ4v) is 2.47. The fraction of sp³-hybridized carbons (Fsp3) is 0.278. The lowest BCUT2D eigenvalue weighted by Gasteiger charge is -2.12. The van der Waals surface area contributed by atoms with Crippen molar-refractivity contribution in [3.63, 3.8) is 0 Å². The van der Waals surface area contributed by atoms with Crippen LogP contribution in [0.4, 0.5) is 0 Å². The van der Waals surface area contributed by atoms with Gasteiger partial charge in [-0.25, -0.2) is 0 Å². The number of methoxy groups -OCH3 is 2. The summed E-state index contributed by atoms with van der Waals surface area (Å²) in [6.45, 7) is 4.59. The molecule has 3 rings (SSSR count). The first kappa shape index (κ1) is 16.0. The molecule has 0 fully saturated rings. The van der Waals surface area contributed by atoms with E-state index in [1.54, 1.807) is 19.0 Å². The number of tetrazole rings is 1. The van der Waals surface area contributed by atoms with E-state index in [9.17, 15) is 0 Å². The number of hydrogen-bond donors (Lipinski definition) is 0. The summed E-state index contributed by atoms with van der Waals surface area (Å²) in [6, 6.07) is 12.0. The van der Waals surface area contributed by atoms with Crippen molar-refractivity contribution < 1.29 is 9.47 Å². The summed E-state index contributed by atoms with van der Waals surface area (Å²) in [7, 11) is 3.25. The molecule has 0 radical (unpaired) electrons. The van der Waals surface area contributed by atoms with Gasteiger partial charge in [-0.05, 0) is 42.3 Å². The average Bonchev–Trinajstić information content (AvgIpc) is 3.05. The summed E-state index contributed by atoms with van der Waals surface area (Å²) in [5.41, 5.74) is 4.30. The molecule has 6 nitrogen and oxygen atoms in total. The lowest BCUT2D eigenvalue weighted by atomic mass is 10.1. The van der Waals surface area contributed by atoms with E-state index < -0.39 is 0 Å². The van der Waals surface area contributed by atoms with Gasteiger partial charge >= 0.3 is 0 Å². The third kappa shape index (κ3) is 3.22. The zero-order valence-corrected chi connectivity index (χ0v) is 14.3. The van der Waals surface area contributed by atoms with E-state index in [0.717, 1.165) is 16.7 Å². The monoisotopic (exact) mass is 324 g/mol. The minimum absolute atomic E-state index is 0.519. The van der Waals surface area contributed by atoms with Gasteiger partial charge in [0.15, 0.2) is 11.5 Å². The van der Waals surface area contributed by atoms with Crippen LogP contribution in [0.25, 0.3) is 11.4 Å². The second-order valence-electron chi connectivity index (χ2n) is 5.64. The molecule has 0 N–H and O–H groups in total. The molecule has 24 heavy (non-hydrogen) atoms. The topological polar surface area (TPSA) is 62.1 Å². The van der Waals surface area contributed by atoms with Crippen molar-refractivity contribution in [3.8, 4) is 22.9 Å². The molecule has 0 unspecified atom stereocenters. The van der Waals surface area contributed by atoms with Crippen LogP contribution in [0.3, 0.4) is 0 Å². The minimum atomic E-state index is 0.519. The molecule has 0 aliphatic carbocycles. The molecule has 2 aromatic carbocycles. The van der Waals surface area contributed by atoms with Crippen LogP contribution in [0.2, 0.25) is 0 Å². The molecule has 0 amide bonds. The van der Waals surface area contributed by atoms with E-state index in [0.29, 0.717) is 23.9 Å². The Bertz CT molecular complexity index is 841. The molecule has 124 valence electrons. The van der Waals surface area contributed by atoms with Gasteiger partial charge in [-0.15, -0.1) is 10.2 Å². The predicted molar refractivity (Wildman–Crippen MR) is 91.4 cm³/mol. The number of aromatic nitrogens is 4. The van der Waals surface area contributed by atoms with Crippen molar-refractivity contribution in [2.45, 2.75) is 20.4 Å². The fourth-order valence-electron chi connectivity index (χ4n) is 2.47. The highest BCUT2D eigenvalue weighted by molar-refractivity contribution is 5.54. The Morgan fingerprint density at radius 1 is 0.958 bits per heavy atom. The van der Waals surface area contributed by atoms with Crippen molar-refractivity contribution >= 4 is 0 Å². The Morgan fingerprint density at radius 2 is 1.62 bits per heavy atom. The van der Waals surface area contributed by atoms with Crippen LogP contribution in [0.5, 0.6) is 11.5 Å². The minimum Gasteiger partial charge on any atom is -0.493 e. The van der Waals surface area contributed by atoms with E-state index in [1.807, 2.05) is 50.2 Å². The maximum Gasteiger partial charge on any atom is 0.204 e. The lowest BCUT2D eigenvalue weighted by Crippen LogP contribution is -2.06. The standard InChI is InChI=1S/C18H20N4O2/c1-12-5-7-14(8-6-12)18-19-21-22(20-18)11-15-10-17(24-4)16(23-3)9-13(15)2/h5-10H,11H2,1-4H3. The van der Waals surface area contributed by atoms with E-state index in [2.05, 4.69) is 15.4 Å². The SMILES string of the molecule is COc1cc(C)c(Cn2nnc(-c3ccc(C)cc3)n2)cc1OC. The van der Waals surface area contributed by atoms with Gasteiger partial charge in [0.1, 0.15) is 0 Å². The molecule has 3 aromatic rings. The van der Waals surface area contributed by atoms with Gasteiger partial charge in [-0.2, -0.15) is 4.80 Å². The third-order valence-corrected chi connectivity index (χ3v) is 3.92. The van der Waals surface area contributed by atoms with Crippen LogP contribution < -0.4 is 9.47 Å².